The largest absolute Gasteiger partial charge is 1.00 e. The van der Waals surface area contributed by atoms with E-state index >= 15 is 0 Å². The number of hydrogen-bond acceptors (Lipinski definition) is 3. The van der Waals surface area contributed by atoms with Crippen LogP contribution in [-0.4, -0.2) is 21.3 Å². The van der Waals surface area contributed by atoms with Gasteiger partial charge < -0.3 is 24.8 Å². The van der Waals surface area contributed by atoms with Crippen LogP contribution in [0.2, 0.25) is 0 Å². The molecule has 1 atom stereocenters. The molecule has 115 valence electrons. The fourth-order valence-corrected chi connectivity index (χ4v) is 3.86. The van der Waals surface area contributed by atoms with Crippen LogP contribution in [0, 0.1) is 0 Å². The predicted octanol–water partition coefficient (Wildman–Crippen LogP) is -2.66. The first-order chi connectivity index (χ1) is 9.69. The van der Waals surface area contributed by atoms with Crippen molar-refractivity contribution in [3.8, 4) is 28.4 Å². The van der Waals surface area contributed by atoms with Crippen LogP contribution >= 0.6 is 0 Å². The van der Waals surface area contributed by atoms with Gasteiger partial charge in [-0.2, -0.15) is 0 Å². The van der Waals surface area contributed by atoms with Crippen molar-refractivity contribution in [2.45, 2.75) is 3.63 Å². The minimum absolute atomic E-state index is 0. The van der Waals surface area contributed by atoms with E-state index in [1.165, 1.54) is 47.0 Å². The van der Waals surface area contributed by atoms with E-state index in [0.717, 1.165) is 17.2 Å². The molecule has 2 aromatic rings. The van der Waals surface area contributed by atoms with Crippen molar-refractivity contribution in [1.29, 1.82) is 0 Å². The Morgan fingerprint density at radius 3 is 1.95 bits per heavy atom. The van der Waals surface area contributed by atoms with Gasteiger partial charge in [-0.3, -0.25) is 0 Å². The zero-order valence-corrected chi connectivity index (χ0v) is 16.4. The van der Waals surface area contributed by atoms with E-state index in [4.69, 9.17) is 14.2 Å². The second-order valence-corrected chi connectivity index (χ2v) is 6.10. The van der Waals surface area contributed by atoms with Crippen molar-refractivity contribution in [3.05, 3.63) is 41.5 Å². The molecular formula is C16H15Cl2O3Zr. The van der Waals surface area contributed by atoms with Crippen LogP contribution in [0.3, 0.4) is 0 Å². The Hall–Kier alpha value is -0.697. The number of methoxy groups -OCH3 is 3. The smallest absolute Gasteiger partial charge is 1.00 e. The summed E-state index contributed by atoms with van der Waals surface area (Å²) in [5.41, 5.74) is 5.14. The summed E-state index contributed by atoms with van der Waals surface area (Å²) in [7, 11) is 5.05. The van der Waals surface area contributed by atoms with E-state index in [0.29, 0.717) is 3.63 Å². The molecule has 6 heteroatoms. The summed E-state index contributed by atoms with van der Waals surface area (Å²) in [5.74, 6) is 2.47. The summed E-state index contributed by atoms with van der Waals surface area (Å²) < 4.78 is 16.6. The van der Waals surface area contributed by atoms with Crippen LogP contribution < -0.4 is 39.0 Å². The number of fused-ring (bicyclic) bond motifs is 3. The number of benzene rings is 2. The molecule has 0 spiro atoms. The average molecular weight is 417 g/mol. The van der Waals surface area contributed by atoms with Crippen molar-refractivity contribution in [2.24, 2.45) is 0 Å². The summed E-state index contributed by atoms with van der Waals surface area (Å²) in [6.07, 6.45) is 0. The molecule has 0 radical (unpaired) electrons. The van der Waals surface area contributed by atoms with E-state index in [1.54, 1.807) is 21.3 Å². The number of ether oxygens (including phenoxy) is 3. The van der Waals surface area contributed by atoms with Gasteiger partial charge in [-0.1, -0.05) is 0 Å². The van der Waals surface area contributed by atoms with Gasteiger partial charge in [0.25, 0.3) is 0 Å². The molecule has 0 saturated heterocycles. The van der Waals surface area contributed by atoms with Gasteiger partial charge in [0.05, 0.1) is 0 Å². The van der Waals surface area contributed by atoms with Crippen molar-refractivity contribution in [2.75, 3.05) is 21.3 Å². The molecule has 1 aliphatic carbocycles. The molecule has 0 saturated carbocycles. The third-order valence-corrected chi connectivity index (χ3v) is 5.26. The van der Waals surface area contributed by atoms with Crippen molar-refractivity contribution >= 4 is 0 Å². The first-order valence-electron chi connectivity index (χ1n) is 6.35. The summed E-state index contributed by atoms with van der Waals surface area (Å²) in [6.45, 7) is 0. The Balaban J connectivity index is 0.00000121. The van der Waals surface area contributed by atoms with Crippen LogP contribution in [-0.2, 0) is 24.7 Å². The van der Waals surface area contributed by atoms with E-state index < -0.39 is 0 Å². The molecule has 0 amide bonds. The summed E-state index contributed by atoms with van der Waals surface area (Å²) in [4.78, 5) is 0. The predicted molar refractivity (Wildman–Crippen MR) is 73.4 cm³/mol. The van der Waals surface area contributed by atoms with E-state index in [-0.39, 0.29) is 24.8 Å². The van der Waals surface area contributed by atoms with Gasteiger partial charge >= 0.3 is 134 Å². The maximum atomic E-state index is 5.41. The van der Waals surface area contributed by atoms with Crippen molar-refractivity contribution in [1.82, 2.24) is 0 Å². The van der Waals surface area contributed by atoms with Gasteiger partial charge in [0.1, 0.15) is 0 Å². The third-order valence-electron chi connectivity index (χ3n) is 3.73. The fourth-order valence-electron chi connectivity index (χ4n) is 2.69. The Labute approximate surface area is 158 Å². The van der Waals surface area contributed by atoms with Gasteiger partial charge in [0.2, 0.25) is 0 Å². The Morgan fingerprint density at radius 2 is 1.36 bits per heavy atom. The molecule has 0 aliphatic heterocycles. The van der Waals surface area contributed by atoms with Crippen LogP contribution in [0.15, 0.2) is 30.3 Å². The number of rotatable bonds is 3. The number of hydrogen-bond donors (Lipinski definition) is 0. The molecule has 3 nitrogen and oxygen atoms in total. The summed E-state index contributed by atoms with van der Waals surface area (Å²) in [5, 5.41) is 0. The molecule has 3 rings (SSSR count). The second-order valence-electron chi connectivity index (χ2n) is 4.68. The fraction of sp³-hybridized carbons (Fsp3) is 0.250. The van der Waals surface area contributed by atoms with Gasteiger partial charge in [0.15, 0.2) is 0 Å². The van der Waals surface area contributed by atoms with Gasteiger partial charge in [-0.25, -0.2) is 0 Å². The van der Waals surface area contributed by atoms with E-state index in [2.05, 4.69) is 24.3 Å². The minimum Gasteiger partial charge on any atom is -1.00 e. The Bertz CT molecular complexity index is 677. The van der Waals surface area contributed by atoms with Crippen LogP contribution in [0.5, 0.6) is 17.2 Å². The van der Waals surface area contributed by atoms with Crippen LogP contribution in [0.4, 0.5) is 0 Å². The summed E-state index contributed by atoms with van der Waals surface area (Å²) >= 11 is 1.46. The molecule has 0 bridgehead atoms. The second kappa shape index (κ2) is 7.72. The third kappa shape index (κ3) is 3.02. The molecule has 22 heavy (non-hydrogen) atoms. The van der Waals surface area contributed by atoms with E-state index in [1.807, 2.05) is 6.07 Å². The van der Waals surface area contributed by atoms with Gasteiger partial charge in [-0.15, -0.1) is 0 Å². The molecule has 0 fully saturated rings. The maximum absolute atomic E-state index is 5.41. The van der Waals surface area contributed by atoms with Crippen LogP contribution in [0.25, 0.3) is 11.1 Å². The topological polar surface area (TPSA) is 27.7 Å². The first kappa shape index (κ1) is 19.4. The van der Waals surface area contributed by atoms with E-state index in [9.17, 15) is 0 Å². The Morgan fingerprint density at radius 1 is 0.773 bits per heavy atom. The van der Waals surface area contributed by atoms with Gasteiger partial charge in [0, 0.05) is 0 Å². The SMILES string of the molecule is COc1ccc2c(c1)[CH]([Zr+2])c1cc(OC)c(OC)cc1-2.[Cl-].[Cl-]. The minimum atomic E-state index is 0. The maximum Gasteiger partial charge on any atom is -1.00 e. The molecule has 1 aliphatic rings. The zero-order chi connectivity index (χ0) is 14.3. The Kier molecular flexibility index (Phi) is 6.79. The molecular weight excluding hydrogens is 402 g/mol. The standard InChI is InChI=1S/C16H15O3.2ClH.Zr/c1-17-12-4-5-13-10(7-12)6-11-8-15(18-2)16(19-3)9-14(11)13;;;/h4-9H,1-3H3;2*1H;/q;;;+2/p-2. The molecule has 0 N–H and O–H groups in total. The first-order valence-corrected chi connectivity index (χ1v) is 7.77. The zero-order valence-electron chi connectivity index (χ0n) is 12.4. The molecule has 1 unspecified atom stereocenters. The molecule has 2 aromatic carbocycles. The average Bonchev–Trinajstić information content (AvgIpc) is 2.77. The summed E-state index contributed by atoms with van der Waals surface area (Å²) in [6, 6.07) is 10.4. The van der Waals surface area contributed by atoms with Crippen molar-refractivity contribution in [3.63, 3.8) is 0 Å². The van der Waals surface area contributed by atoms with Gasteiger partial charge in [-0.05, 0) is 0 Å². The monoisotopic (exact) mass is 415 g/mol. The van der Waals surface area contributed by atoms with Crippen molar-refractivity contribution < 1.29 is 63.7 Å². The normalized spacial score (nSPS) is 14.1. The quantitative estimate of drug-likeness (QED) is 0.546. The number of halogens is 2. The molecule has 0 aromatic heterocycles. The molecule has 0 heterocycles. The van der Waals surface area contributed by atoms with Crippen LogP contribution in [0.1, 0.15) is 14.8 Å².